The Morgan fingerprint density at radius 1 is 1.20 bits per heavy atom. The predicted octanol–water partition coefficient (Wildman–Crippen LogP) is 6.00. The lowest BCUT2D eigenvalue weighted by atomic mass is 9.94. The molecule has 1 atom stereocenters. The fourth-order valence-corrected chi connectivity index (χ4v) is 3.44. The SMILES string of the molecule is CCCNC(CCC1CCCC1)c1ccc(Cl)c(Cl)c1. The van der Waals surface area contributed by atoms with E-state index in [0.717, 1.165) is 18.9 Å². The van der Waals surface area contributed by atoms with Gasteiger partial charge in [-0.25, -0.2) is 0 Å². The van der Waals surface area contributed by atoms with Gasteiger partial charge < -0.3 is 5.32 Å². The van der Waals surface area contributed by atoms with Crippen LogP contribution in [0.25, 0.3) is 0 Å². The number of rotatable bonds is 7. The van der Waals surface area contributed by atoms with Crippen molar-refractivity contribution in [1.82, 2.24) is 5.32 Å². The summed E-state index contributed by atoms with van der Waals surface area (Å²) in [6, 6.07) is 6.45. The first-order valence-electron chi connectivity index (χ1n) is 7.89. The summed E-state index contributed by atoms with van der Waals surface area (Å²) in [4.78, 5) is 0. The van der Waals surface area contributed by atoms with Crippen molar-refractivity contribution >= 4 is 23.2 Å². The first kappa shape index (κ1) is 16.1. The summed E-state index contributed by atoms with van der Waals surface area (Å²) in [5.74, 6) is 0.934. The highest BCUT2D eigenvalue weighted by Gasteiger charge is 2.18. The van der Waals surface area contributed by atoms with E-state index < -0.39 is 0 Å². The van der Waals surface area contributed by atoms with Crippen LogP contribution in [0.1, 0.15) is 63.5 Å². The minimum absolute atomic E-state index is 0.408. The Bertz CT molecular complexity index is 413. The summed E-state index contributed by atoms with van der Waals surface area (Å²) in [6.45, 7) is 3.26. The first-order valence-corrected chi connectivity index (χ1v) is 8.64. The third-order valence-electron chi connectivity index (χ3n) is 4.33. The monoisotopic (exact) mass is 313 g/mol. The molecule has 3 heteroatoms. The van der Waals surface area contributed by atoms with E-state index in [2.05, 4.69) is 18.3 Å². The van der Waals surface area contributed by atoms with Crippen LogP contribution in [-0.2, 0) is 0 Å². The maximum Gasteiger partial charge on any atom is 0.0595 e. The van der Waals surface area contributed by atoms with E-state index in [0.29, 0.717) is 16.1 Å². The summed E-state index contributed by atoms with van der Waals surface area (Å²) in [5, 5.41) is 4.95. The zero-order chi connectivity index (χ0) is 14.4. The fourth-order valence-electron chi connectivity index (χ4n) is 3.14. The second kappa shape index (κ2) is 8.26. The van der Waals surface area contributed by atoms with Crippen molar-refractivity contribution in [3.05, 3.63) is 33.8 Å². The molecule has 1 unspecified atom stereocenters. The molecule has 0 saturated heterocycles. The fraction of sp³-hybridized carbons (Fsp3) is 0.647. The molecule has 0 heterocycles. The third kappa shape index (κ3) is 4.65. The van der Waals surface area contributed by atoms with E-state index in [4.69, 9.17) is 23.2 Å². The van der Waals surface area contributed by atoms with Crippen LogP contribution in [0, 0.1) is 5.92 Å². The van der Waals surface area contributed by atoms with Gasteiger partial charge in [0.2, 0.25) is 0 Å². The van der Waals surface area contributed by atoms with Crippen molar-refractivity contribution in [2.75, 3.05) is 6.54 Å². The van der Waals surface area contributed by atoms with Crippen LogP contribution in [0.2, 0.25) is 10.0 Å². The van der Waals surface area contributed by atoms with Gasteiger partial charge in [-0.15, -0.1) is 0 Å². The number of benzene rings is 1. The van der Waals surface area contributed by atoms with Gasteiger partial charge in [0.05, 0.1) is 10.0 Å². The molecule has 0 spiro atoms. The van der Waals surface area contributed by atoms with Crippen LogP contribution in [0.4, 0.5) is 0 Å². The maximum atomic E-state index is 6.16. The number of hydrogen-bond acceptors (Lipinski definition) is 1. The number of nitrogens with one attached hydrogen (secondary N) is 1. The summed E-state index contributed by atoms with van der Waals surface area (Å²) >= 11 is 12.2. The second-order valence-electron chi connectivity index (χ2n) is 5.91. The zero-order valence-corrected chi connectivity index (χ0v) is 13.8. The van der Waals surface area contributed by atoms with E-state index in [1.165, 1.54) is 44.1 Å². The standard InChI is InChI=1S/C17H25Cl2N/c1-2-11-20-17(10-7-13-5-3-4-6-13)14-8-9-15(18)16(19)12-14/h8-9,12-13,17,20H,2-7,10-11H2,1H3. The molecular formula is C17H25Cl2N. The number of hydrogen-bond donors (Lipinski definition) is 1. The van der Waals surface area contributed by atoms with Gasteiger partial charge in [0.25, 0.3) is 0 Å². The quantitative estimate of drug-likeness (QED) is 0.650. The van der Waals surface area contributed by atoms with Gasteiger partial charge in [-0.3, -0.25) is 0 Å². The molecule has 20 heavy (non-hydrogen) atoms. The van der Waals surface area contributed by atoms with E-state index in [1.807, 2.05) is 12.1 Å². The Morgan fingerprint density at radius 2 is 1.95 bits per heavy atom. The molecule has 1 saturated carbocycles. The lowest BCUT2D eigenvalue weighted by molar-refractivity contribution is 0.412. The average molecular weight is 314 g/mol. The van der Waals surface area contributed by atoms with Crippen LogP contribution >= 0.6 is 23.2 Å². The topological polar surface area (TPSA) is 12.0 Å². The normalized spacial score (nSPS) is 17.6. The van der Waals surface area contributed by atoms with Crippen LogP contribution in [-0.4, -0.2) is 6.54 Å². The van der Waals surface area contributed by atoms with E-state index >= 15 is 0 Å². The van der Waals surface area contributed by atoms with Crippen molar-refractivity contribution in [3.8, 4) is 0 Å². The Labute approximate surface area is 133 Å². The van der Waals surface area contributed by atoms with Gasteiger partial charge in [0.15, 0.2) is 0 Å². The molecule has 1 fully saturated rings. The molecule has 1 N–H and O–H groups in total. The average Bonchev–Trinajstić information content (AvgIpc) is 2.95. The molecule has 112 valence electrons. The first-order chi connectivity index (χ1) is 9.70. The Hall–Kier alpha value is -0.240. The lowest BCUT2D eigenvalue weighted by Gasteiger charge is -2.21. The maximum absolute atomic E-state index is 6.16. The Morgan fingerprint density at radius 3 is 2.60 bits per heavy atom. The van der Waals surface area contributed by atoms with Crippen LogP contribution in [0.3, 0.4) is 0 Å². The summed E-state index contributed by atoms with van der Waals surface area (Å²) in [5.41, 5.74) is 1.27. The highest BCUT2D eigenvalue weighted by molar-refractivity contribution is 6.42. The highest BCUT2D eigenvalue weighted by Crippen LogP contribution is 2.33. The van der Waals surface area contributed by atoms with Crippen molar-refractivity contribution in [2.45, 2.75) is 57.9 Å². The predicted molar refractivity (Wildman–Crippen MR) is 88.7 cm³/mol. The van der Waals surface area contributed by atoms with Gasteiger partial charge in [-0.05, 0) is 49.4 Å². The lowest BCUT2D eigenvalue weighted by Crippen LogP contribution is -2.22. The molecule has 0 aliphatic heterocycles. The molecular weight excluding hydrogens is 289 g/mol. The van der Waals surface area contributed by atoms with E-state index in [-0.39, 0.29) is 0 Å². The molecule has 0 radical (unpaired) electrons. The molecule has 1 aromatic carbocycles. The third-order valence-corrected chi connectivity index (χ3v) is 5.06. The van der Waals surface area contributed by atoms with Gasteiger partial charge in [0, 0.05) is 6.04 Å². The molecule has 1 aliphatic carbocycles. The molecule has 0 aromatic heterocycles. The summed E-state index contributed by atoms with van der Waals surface area (Å²) in [7, 11) is 0. The van der Waals surface area contributed by atoms with E-state index in [1.54, 1.807) is 0 Å². The van der Waals surface area contributed by atoms with Gasteiger partial charge >= 0.3 is 0 Å². The Balaban J connectivity index is 1.99. The molecule has 2 rings (SSSR count). The van der Waals surface area contributed by atoms with Crippen molar-refractivity contribution in [3.63, 3.8) is 0 Å². The second-order valence-corrected chi connectivity index (χ2v) is 6.72. The van der Waals surface area contributed by atoms with Gasteiger partial charge in [-0.1, -0.05) is 61.9 Å². The van der Waals surface area contributed by atoms with Crippen molar-refractivity contribution in [2.24, 2.45) is 5.92 Å². The zero-order valence-electron chi connectivity index (χ0n) is 12.3. The van der Waals surface area contributed by atoms with Crippen molar-refractivity contribution in [1.29, 1.82) is 0 Å². The van der Waals surface area contributed by atoms with E-state index in [9.17, 15) is 0 Å². The molecule has 0 bridgehead atoms. The Kier molecular flexibility index (Phi) is 6.67. The largest absolute Gasteiger partial charge is 0.310 e. The number of halogens is 2. The minimum atomic E-state index is 0.408. The molecule has 0 amide bonds. The molecule has 1 aromatic rings. The summed E-state index contributed by atoms with van der Waals surface area (Å²) < 4.78 is 0. The summed E-state index contributed by atoms with van der Waals surface area (Å²) in [6.07, 6.45) is 9.35. The smallest absolute Gasteiger partial charge is 0.0595 e. The highest BCUT2D eigenvalue weighted by atomic mass is 35.5. The van der Waals surface area contributed by atoms with Crippen LogP contribution < -0.4 is 5.32 Å². The van der Waals surface area contributed by atoms with Gasteiger partial charge in [-0.2, -0.15) is 0 Å². The van der Waals surface area contributed by atoms with Crippen LogP contribution in [0.15, 0.2) is 18.2 Å². The van der Waals surface area contributed by atoms with Crippen molar-refractivity contribution < 1.29 is 0 Å². The minimum Gasteiger partial charge on any atom is -0.310 e. The van der Waals surface area contributed by atoms with Crippen LogP contribution in [0.5, 0.6) is 0 Å². The molecule has 1 nitrogen and oxygen atoms in total. The van der Waals surface area contributed by atoms with Gasteiger partial charge in [0.1, 0.15) is 0 Å². The molecule has 1 aliphatic rings.